The zero-order chi connectivity index (χ0) is 14.3. The average molecular weight is 268 g/mol. The standard InChI is InChI=1S/C14H12N4O2/c1-9-3-5-11(6-4-9)17-15-12-7-10(2)14(18(19)20)8-13(12)16-17/h3-8H,1-2H3. The van der Waals surface area contributed by atoms with Gasteiger partial charge in [0.2, 0.25) is 0 Å². The van der Waals surface area contributed by atoms with Crippen LogP contribution in [0.1, 0.15) is 11.1 Å². The lowest BCUT2D eigenvalue weighted by atomic mass is 10.2. The summed E-state index contributed by atoms with van der Waals surface area (Å²) in [6, 6.07) is 10.9. The molecule has 100 valence electrons. The fourth-order valence-electron chi connectivity index (χ4n) is 2.05. The maximum absolute atomic E-state index is 10.9. The Morgan fingerprint density at radius 1 is 1.05 bits per heavy atom. The number of aromatic nitrogens is 3. The maximum Gasteiger partial charge on any atom is 0.274 e. The summed E-state index contributed by atoms with van der Waals surface area (Å²) in [6.07, 6.45) is 0. The van der Waals surface area contributed by atoms with Crippen LogP contribution in [-0.4, -0.2) is 19.9 Å². The molecule has 0 bridgehead atoms. The van der Waals surface area contributed by atoms with Gasteiger partial charge in [-0.05, 0) is 32.0 Å². The summed E-state index contributed by atoms with van der Waals surface area (Å²) in [5, 5.41) is 19.6. The van der Waals surface area contributed by atoms with E-state index in [4.69, 9.17) is 0 Å². The predicted octanol–water partition coefficient (Wildman–Crippen LogP) is 2.95. The molecular weight excluding hydrogens is 256 g/mol. The van der Waals surface area contributed by atoms with Crippen LogP contribution in [0.4, 0.5) is 5.69 Å². The molecule has 1 aromatic heterocycles. The zero-order valence-electron chi connectivity index (χ0n) is 11.1. The molecule has 0 amide bonds. The minimum atomic E-state index is -0.403. The number of hydrogen-bond acceptors (Lipinski definition) is 4. The number of nitro benzene ring substituents is 1. The molecule has 0 radical (unpaired) electrons. The second-order valence-corrected chi connectivity index (χ2v) is 4.71. The molecule has 0 spiro atoms. The van der Waals surface area contributed by atoms with Crippen molar-refractivity contribution in [2.75, 3.05) is 0 Å². The van der Waals surface area contributed by atoms with E-state index in [-0.39, 0.29) is 5.69 Å². The summed E-state index contributed by atoms with van der Waals surface area (Å²) < 4.78 is 0. The minimum absolute atomic E-state index is 0.0634. The van der Waals surface area contributed by atoms with Crippen molar-refractivity contribution in [3.8, 4) is 5.69 Å². The van der Waals surface area contributed by atoms with E-state index in [1.54, 1.807) is 13.0 Å². The summed E-state index contributed by atoms with van der Waals surface area (Å²) in [5.41, 5.74) is 3.78. The highest BCUT2D eigenvalue weighted by molar-refractivity contribution is 5.78. The third-order valence-electron chi connectivity index (χ3n) is 3.16. The van der Waals surface area contributed by atoms with E-state index in [1.165, 1.54) is 10.9 Å². The Labute approximate surface area is 114 Å². The van der Waals surface area contributed by atoms with E-state index in [9.17, 15) is 10.1 Å². The molecule has 0 fully saturated rings. The first-order valence-electron chi connectivity index (χ1n) is 6.14. The summed E-state index contributed by atoms with van der Waals surface area (Å²) in [5.74, 6) is 0. The Morgan fingerprint density at radius 2 is 1.65 bits per heavy atom. The van der Waals surface area contributed by atoms with E-state index in [1.807, 2.05) is 31.2 Å². The Balaban J connectivity index is 2.15. The minimum Gasteiger partial charge on any atom is -0.258 e. The fourth-order valence-corrected chi connectivity index (χ4v) is 2.05. The molecule has 0 saturated carbocycles. The van der Waals surface area contributed by atoms with Crippen molar-refractivity contribution in [2.45, 2.75) is 13.8 Å². The van der Waals surface area contributed by atoms with Crippen LogP contribution in [0.2, 0.25) is 0 Å². The molecule has 0 N–H and O–H groups in total. The molecule has 20 heavy (non-hydrogen) atoms. The highest BCUT2D eigenvalue weighted by Gasteiger charge is 2.15. The van der Waals surface area contributed by atoms with Crippen molar-refractivity contribution in [3.63, 3.8) is 0 Å². The number of aryl methyl sites for hydroxylation is 2. The second-order valence-electron chi connectivity index (χ2n) is 4.71. The number of benzene rings is 2. The molecule has 0 aliphatic carbocycles. The fraction of sp³-hybridized carbons (Fsp3) is 0.143. The van der Waals surface area contributed by atoms with Gasteiger partial charge in [0.25, 0.3) is 5.69 Å². The maximum atomic E-state index is 10.9. The molecule has 6 nitrogen and oxygen atoms in total. The van der Waals surface area contributed by atoms with Gasteiger partial charge in [0.1, 0.15) is 11.0 Å². The third-order valence-corrected chi connectivity index (χ3v) is 3.16. The lowest BCUT2D eigenvalue weighted by Gasteiger charge is -1.98. The molecule has 0 unspecified atom stereocenters. The Bertz CT molecular complexity index is 806. The normalized spacial score (nSPS) is 10.9. The monoisotopic (exact) mass is 268 g/mol. The van der Waals surface area contributed by atoms with Gasteiger partial charge in [-0.25, -0.2) is 0 Å². The van der Waals surface area contributed by atoms with Gasteiger partial charge in [-0.15, -0.1) is 10.2 Å². The first-order valence-corrected chi connectivity index (χ1v) is 6.14. The van der Waals surface area contributed by atoms with Crippen LogP contribution in [0, 0.1) is 24.0 Å². The van der Waals surface area contributed by atoms with Crippen molar-refractivity contribution in [2.24, 2.45) is 0 Å². The van der Waals surface area contributed by atoms with Crippen LogP contribution in [0.5, 0.6) is 0 Å². The molecule has 1 heterocycles. The van der Waals surface area contributed by atoms with Gasteiger partial charge in [-0.2, -0.15) is 4.80 Å². The van der Waals surface area contributed by atoms with Crippen LogP contribution < -0.4 is 0 Å². The van der Waals surface area contributed by atoms with Crippen LogP contribution in [0.25, 0.3) is 16.7 Å². The van der Waals surface area contributed by atoms with E-state index in [0.29, 0.717) is 16.6 Å². The highest BCUT2D eigenvalue weighted by atomic mass is 16.6. The molecule has 3 rings (SSSR count). The molecule has 0 saturated heterocycles. The van der Waals surface area contributed by atoms with Crippen LogP contribution in [0.3, 0.4) is 0 Å². The van der Waals surface area contributed by atoms with Crippen molar-refractivity contribution in [1.29, 1.82) is 0 Å². The predicted molar refractivity (Wildman–Crippen MR) is 75.0 cm³/mol. The molecular formula is C14H12N4O2. The zero-order valence-corrected chi connectivity index (χ0v) is 11.1. The van der Waals surface area contributed by atoms with Gasteiger partial charge in [0.05, 0.1) is 10.6 Å². The van der Waals surface area contributed by atoms with Crippen molar-refractivity contribution in [3.05, 3.63) is 57.6 Å². The highest BCUT2D eigenvalue weighted by Crippen LogP contribution is 2.23. The number of rotatable bonds is 2. The van der Waals surface area contributed by atoms with E-state index >= 15 is 0 Å². The van der Waals surface area contributed by atoms with Crippen molar-refractivity contribution < 1.29 is 4.92 Å². The number of hydrogen-bond donors (Lipinski definition) is 0. The van der Waals surface area contributed by atoms with E-state index in [2.05, 4.69) is 10.2 Å². The van der Waals surface area contributed by atoms with E-state index in [0.717, 1.165) is 11.3 Å². The van der Waals surface area contributed by atoms with Gasteiger partial charge in [0.15, 0.2) is 0 Å². The third kappa shape index (κ3) is 2.01. The lowest BCUT2D eigenvalue weighted by molar-refractivity contribution is -0.385. The molecule has 6 heteroatoms. The van der Waals surface area contributed by atoms with Gasteiger partial charge >= 0.3 is 0 Å². The lowest BCUT2D eigenvalue weighted by Crippen LogP contribution is -1.97. The van der Waals surface area contributed by atoms with Crippen molar-refractivity contribution in [1.82, 2.24) is 15.0 Å². The Hall–Kier alpha value is -2.76. The first-order chi connectivity index (χ1) is 9.54. The molecule has 3 aromatic rings. The largest absolute Gasteiger partial charge is 0.274 e. The number of fused-ring (bicyclic) bond motifs is 1. The average Bonchev–Trinajstić information content (AvgIpc) is 2.81. The van der Waals surface area contributed by atoms with Crippen molar-refractivity contribution >= 4 is 16.7 Å². The number of nitro groups is 1. The van der Waals surface area contributed by atoms with E-state index < -0.39 is 4.92 Å². The van der Waals surface area contributed by atoms with Crippen LogP contribution in [-0.2, 0) is 0 Å². The van der Waals surface area contributed by atoms with Gasteiger partial charge < -0.3 is 0 Å². The molecule has 0 atom stereocenters. The van der Waals surface area contributed by atoms with Crippen LogP contribution >= 0.6 is 0 Å². The first kappa shape index (κ1) is 12.3. The summed E-state index contributed by atoms with van der Waals surface area (Å²) in [7, 11) is 0. The Morgan fingerprint density at radius 3 is 2.25 bits per heavy atom. The van der Waals surface area contributed by atoms with Gasteiger partial charge in [-0.3, -0.25) is 10.1 Å². The van der Waals surface area contributed by atoms with Crippen LogP contribution in [0.15, 0.2) is 36.4 Å². The molecule has 0 aliphatic heterocycles. The molecule has 2 aromatic carbocycles. The number of nitrogens with zero attached hydrogens (tertiary/aromatic N) is 4. The second kappa shape index (κ2) is 4.41. The SMILES string of the molecule is Cc1ccc(-n2nc3cc(C)c([N+](=O)[O-])cc3n2)cc1. The molecule has 0 aliphatic rings. The summed E-state index contributed by atoms with van der Waals surface area (Å²) in [6.45, 7) is 3.70. The summed E-state index contributed by atoms with van der Waals surface area (Å²) in [4.78, 5) is 12.0. The quantitative estimate of drug-likeness (QED) is 0.529. The Kier molecular flexibility index (Phi) is 2.71. The topological polar surface area (TPSA) is 73.8 Å². The summed E-state index contributed by atoms with van der Waals surface area (Å²) >= 11 is 0. The van der Waals surface area contributed by atoms with Gasteiger partial charge in [-0.1, -0.05) is 17.7 Å². The van der Waals surface area contributed by atoms with Gasteiger partial charge in [0, 0.05) is 11.6 Å². The smallest absolute Gasteiger partial charge is 0.258 e.